The van der Waals surface area contributed by atoms with Crippen LogP contribution in [0.3, 0.4) is 0 Å². The third-order valence-corrected chi connectivity index (χ3v) is 3.89. The second kappa shape index (κ2) is 5.00. The highest BCUT2D eigenvalue weighted by Crippen LogP contribution is 2.33. The van der Waals surface area contributed by atoms with E-state index < -0.39 is 0 Å². The predicted molar refractivity (Wildman–Crippen MR) is 80.6 cm³/mol. The van der Waals surface area contributed by atoms with Crippen LogP contribution in [0.15, 0.2) is 30.5 Å². The molecular formula is C15H18N4O. The zero-order chi connectivity index (χ0) is 14.1. The molecule has 0 saturated carbocycles. The van der Waals surface area contributed by atoms with Crippen LogP contribution in [0.2, 0.25) is 0 Å². The Morgan fingerprint density at radius 2 is 2.30 bits per heavy atom. The third kappa shape index (κ3) is 1.95. The van der Waals surface area contributed by atoms with Crippen molar-refractivity contribution in [3.63, 3.8) is 0 Å². The Kier molecular flexibility index (Phi) is 3.18. The maximum atomic E-state index is 12.0. The van der Waals surface area contributed by atoms with Crippen molar-refractivity contribution in [1.29, 1.82) is 0 Å². The Labute approximate surface area is 117 Å². The Bertz CT molecular complexity index is 655. The third-order valence-electron chi connectivity index (χ3n) is 3.89. The van der Waals surface area contributed by atoms with Gasteiger partial charge in [0, 0.05) is 30.9 Å². The molecule has 1 aromatic heterocycles. The minimum absolute atomic E-state index is 0.0661. The molecule has 0 aliphatic carbocycles. The van der Waals surface area contributed by atoms with E-state index in [1.54, 1.807) is 13.2 Å². The van der Waals surface area contributed by atoms with Crippen molar-refractivity contribution < 1.29 is 4.79 Å². The molecule has 1 saturated heterocycles. The van der Waals surface area contributed by atoms with Crippen LogP contribution >= 0.6 is 0 Å². The van der Waals surface area contributed by atoms with Gasteiger partial charge in [0.1, 0.15) is 6.04 Å². The first-order valence-electron chi connectivity index (χ1n) is 6.84. The number of pyridine rings is 1. The number of carbonyl (C=O) groups excluding carboxylic acids is 1. The van der Waals surface area contributed by atoms with Gasteiger partial charge in [-0.3, -0.25) is 9.78 Å². The number of carbonyl (C=O) groups is 1. The van der Waals surface area contributed by atoms with Gasteiger partial charge in [-0.05, 0) is 25.0 Å². The number of rotatable bonds is 2. The highest BCUT2D eigenvalue weighted by molar-refractivity contribution is 5.99. The number of fused-ring (bicyclic) bond motifs is 1. The van der Waals surface area contributed by atoms with E-state index in [-0.39, 0.29) is 11.9 Å². The summed E-state index contributed by atoms with van der Waals surface area (Å²) in [6.07, 6.45) is 3.66. The second-order valence-electron chi connectivity index (χ2n) is 5.04. The van der Waals surface area contributed by atoms with Crippen LogP contribution < -0.4 is 16.0 Å². The van der Waals surface area contributed by atoms with E-state index in [0.29, 0.717) is 5.69 Å². The lowest BCUT2D eigenvalue weighted by Crippen LogP contribution is -2.42. The molecule has 1 atom stereocenters. The summed E-state index contributed by atoms with van der Waals surface area (Å²) in [5, 5.41) is 3.75. The van der Waals surface area contributed by atoms with E-state index in [9.17, 15) is 4.79 Å². The molecule has 3 N–H and O–H groups in total. The number of anilines is 2. The number of nitrogen functional groups attached to an aromatic ring is 1. The summed E-state index contributed by atoms with van der Waals surface area (Å²) in [5.74, 6) is 0.0661. The molecule has 1 amide bonds. The van der Waals surface area contributed by atoms with Crippen molar-refractivity contribution in [2.75, 3.05) is 24.2 Å². The Balaban J connectivity index is 2.10. The maximum absolute atomic E-state index is 12.0. The largest absolute Gasteiger partial charge is 0.397 e. The normalized spacial score (nSPS) is 18.4. The van der Waals surface area contributed by atoms with Crippen LogP contribution in [0.4, 0.5) is 11.4 Å². The fraction of sp³-hybridized carbons (Fsp3) is 0.333. The smallest absolute Gasteiger partial charge is 0.242 e. The van der Waals surface area contributed by atoms with Crippen LogP contribution in [0, 0.1) is 0 Å². The molecule has 20 heavy (non-hydrogen) atoms. The lowest BCUT2D eigenvalue weighted by atomic mass is 10.1. The molecule has 5 nitrogen and oxygen atoms in total. The molecule has 0 bridgehead atoms. The van der Waals surface area contributed by atoms with Crippen molar-refractivity contribution in [1.82, 2.24) is 10.3 Å². The number of hydrogen-bond acceptors (Lipinski definition) is 4. The van der Waals surface area contributed by atoms with E-state index in [4.69, 9.17) is 5.73 Å². The van der Waals surface area contributed by atoms with Gasteiger partial charge in [-0.2, -0.15) is 0 Å². The van der Waals surface area contributed by atoms with Gasteiger partial charge in [-0.25, -0.2) is 0 Å². The number of benzene rings is 1. The zero-order valence-corrected chi connectivity index (χ0v) is 11.5. The van der Waals surface area contributed by atoms with E-state index in [2.05, 4.69) is 15.2 Å². The standard InChI is InChI=1S/C15H18N4O/c1-17-15(20)13-6-3-9-19(13)12-7-8-18-14-10(12)4-2-5-11(14)16/h2,4-5,7-8,13H,3,6,9,16H2,1H3,(H,17,20). The summed E-state index contributed by atoms with van der Waals surface area (Å²) in [6, 6.07) is 7.63. The van der Waals surface area contributed by atoms with Crippen LogP contribution in [0.5, 0.6) is 0 Å². The van der Waals surface area contributed by atoms with E-state index in [1.807, 2.05) is 24.3 Å². The van der Waals surface area contributed by atoms with Gasteiger partial charge in [-0.1, -0.05) is 12.1 Å². The topological polar surface area (TPSA) is 71.2 Å². The lowest BCUT2D eigenvalue weighted by Gasteiger charge is -2.26. The first-order valence-corrected chi connectivity index (χ1v) is 6.84. The zero-order valence-electron chi connectivity index (χ0n) is 11.5. The summed E-state index contributed by atoms with van der Waals surface area (Å²) in [6.45, 7) is 0.881. The molecule has 0 radical (unpaired) electrons. The molecule has 2 heterocycles. The molecular weight excluding hydrogens is 252 g/mol. The molecule has 3 rings (SSSR count). The SMILES string of the molecule is CNC(=O)C1CCCN1c1ccnc2c(N)cccc12. The van der Waals surface area contributed by atoms with Crippen molar-refractivity contribution >= 4 is 28.2 Å². The van der Waals surface area contributed by atoms with E-state index in [1.165, 1.54) is 0 Å². The summed E-state index contributed by atoms with van der Waals surface area (Å²) in [4.78, 5) is 18.5. The van der Waals surface area contributed by atoms with Crippen molar-refractivity contribution in [3.05, 3.63) is 30.5 Å². The molecule has 5 heteroatoms. The average molecular weight is 270 g/mol. The van der Waals surface area contributed by atoms with Crippen molar-refractivity contribution in [2.24, 2.45) is 0 Å². The summed E-state index contributed by atoms with van der Waals surface area (Å²) in [5.41, 5.74) is 8.49. The van der Waals surface area contributed by atoms with Gasteiger partial charge in [0.05, 0.1) is 11.2 Å². The fourth-order valence-electron chi connectivity index (χ4n) is 2.93. The van der Waals surface area contributed by atoms with Gasteiger partial charge in [0.15, 0.2) is 0 Å². The molecule has 1 fully saturated rings. The fourth-order valence-corrected chi connectivity index (χ4v) is 2.93. The van der Waals surface area contributed by atoms with Gasteiger partial charge < -0.3 is 16.0 Å². The minimum atomic E-state index is -0.105. The summed E-state index contributed by atoms with van der Waals surface area (Å²) >= 11 is 0. The number of nitrogens with two attached hydrogens (primary N) is 1. The van der Waals surface area contributed by atoms with Gasteiger partial charge >= 0.3 is 0 Å². The monoisotopic (exact) mass is 270 g/mol. The Morgan fingerprint density at radius 1 is 1.45 bits per heavy atom. The quantitative estimate of drug-likeness (QED) is 0.812. The number of hydrogen-bond donors (Lipinski definition) is 2. The first-order chi connectivity index (χ1) is 9.72. The minimum Gasteiger partial charge on any atom is -0.397 e. The van der Waals surface area contributed by atoms with Crippen molar-refractivity contribution in [2.45, 2.75) is 18.9 Å². The second-order valence-corrected chi connectivity index (χ2v) is 5.04. The predicted octanol–water partition coefficient (Wildman–Crippen LogP) is 1.53. The highest BCUT2D eigenvalue weighted by Gasteiger charge is 2.31. The van der Waals surface area contributed by atoms with Gasteiger partial charge in [-0.15, -0.1) is 0 Å². The van der Waals surface area contributed by atoms with E-state index in [0.717, 1.165) is 36.0 Å². The molecule has 1 aliphatic heterocycles. The van der Waals surface area contributed by atoms with Gasteiger partial charge in [0.2, 0.25) is 5.91 Å². The Morgan fingerprint density at radius 3 is 3.10 bits per heavy atom. The van der Waals surface area contributed by atoms with Crippen LogP contribution in [0.25, 0.3) is 10.9 Å². The van der Waals surface area contributed by atoms with Crippen molar-refractivity contribution in [3.8, 4) is 0 Å². The molecule has 2 aromatic rings. The number of amides is 1. The van der Waals surface area contributed by atoms with E-state index >= 15 is 0 Å². The molecule has 1 aliphatic rings. The number of likely N-dealkylation sites (N-methyl/N-ethyl adjacent to an activating group) is 1. The summed E-state index contributed by atoms with van der Waals surface area (Å²) in [7, 11) is 1.68. The first kappa shape index (κ1) is 12.7. The lowest BCUT2D eigenvalue weighted by molar-refractivity contribution is -0.121. The number of para-hydroxylation sites is 1. The highest BCUT2D eigenvalue weighted by atomic mass is 16.2. The summed E-state index contributed by atoms with van der Waals surface area (Å²) < 4.78 is 0. The molecule has 0 spiro atoms. The van der Waals surface area contributed by atoms with Crippen LogP contribution in [-0.2, 0) is 4.79 Å². The van der Waals surface area contributed by atoms with Crippen LogP contribution in [-0.4, -0.2) is 30.5 Å². The molecule has 1 aromatic carbocycles. The number of nitrogens with one attached hydrogen (secondary N) is 1. The van der Waals surface area contributed by atoms with Gasteiger partial charge in [0.25, 0.3) is 0 Å². The molecule has 104 valence electrons. The van der Waals surface area contributed by atoms with Crippen LogP contribution in [0.1, 0.15) is 12.8 Å². The maximum Gasteiger partial charge on any atom is 0.242 e. The Hall–Kier alpha value is -2.30. The average Bonchev–Trinajstić information content (AvgIpc) is 2.95. The number of aromatic nitrogens is 1. The number of nitrogens with zero attached hydrogens (tertiary/aromatic N) is 2. The molecule has 1 unspecified atom stereocenters.